The van der Waals surface area contributed by atoms with Gasteiger partial charge in [0.05, 0.1) is 17.7 Å². The van der Waals surface area contributed by atoms with E-state index in [1.165, 1.54) is 22.2 Å². The first-order chi connectivity index (χ1) is 16.0. The molecule has 0 aliphatic heterocycles. The molecule has 2 N–H and O–H groups in total. The summed E-state index contributed by atoms with van der Waals surface area (Å²) in [6, 6.07) is 14.8. The minimum Gasteiger partial charge on any atom is -0.494 e. The summed E-state index contributed by atoms with van der Waals surface area (Å²) in [6.07, 6.45) is 3.05. The van der Waals surface area contributed by atoms with Gasteiger partial charge in [-0.2, -0.15) is 0 Å². The molecule has 0 unspecified atom stereocenters. The summed E-state index contributed by atoms with van der Waals surface area (Å²) < 4.78 is 7.28. The highest BCUT2D eigenvalue weighted by Gasteiger charge is 2.24. The van der Waals surface area contributed by atoms with E-state index in [0.717, 1.165) is 46.5 Å². The Balaban J connectivity index is 1.56. The highest BCUT2D eigenvalue weighted by molar-refractivity contribution is 7.98. The number of carbonyl (C=O) groups excluding carboxylic acids is 1. The zero-order valence-corrected chi connectivity index (χ0v) is 19.8. The molecular weight excluding hydrogens is 454 g/mol. The second-order valence-corrected chi connectivity index (χ2v) is 9.88. The fourth-order valence-corrected chi connectivity index (χ4v) is 6.39. The molecule has 0 radical (unpaired) electrons. The van der Waals surface area contributed by atoms with Gasteiger partial charge in [0.2, 0.25) is 5.91 Å². The summed E-state index contributed by atoms with van der Waals surface area (Å²) in [4.78, 5) is 32.1. The van der Waals surface area contributed by atoms with Gasteiger partial charge in [0.1, 0.15) is 10.6 Å². The second-order valence-electron chi connectivity index (χ2n) is 7.85. The standard InChI is InChI=1S/C25H23N3O3S2/c1-2-31-18-12-10-17(11-13-18)28-24(30)21-19-4-3-5-20(19)33-23(21)27-25(28)32-14-15-6-8-16(9-7-15)22(26)29/h6-13H,2-5,14H2,1H3,(H2,26,29). The number of hydrogen-bond donors (Lipinski definition) is 1. The lowest BCUT2D eigenvalue weighted by atomic mass is 10.1. The van der Waals surface area contributed by atoms with Gasteiger partial charge in [-0.1, -0.05) is 23.9 Å². The van der Waals surface area contributed by atoms with Crippen molar-refractivity contribution < 1.29 is 9.53 Å². The van der Waals surface area contributed by atoms with Gasteiger partial charge in [0.15, 0.2) is 5.16 Å². The number of primary amides is 1. The molecule has 0 spiro atoms. The second kappa shape index (κ2) is 9.03. The van der Waals surface area contributed by atoms with Crippen molar-refractivity contribution in [3.8, 4) is 11.4 Å². The number of aryl methyl sites for hydroxylation is 2. The minimum atomic E-state index is -0.448. The number of benzene rings is 2. The third-order valence-corrected chi connectivity index (χ3v) is 7.92. The summed E-state index contributed by atoms with van der Waals surface area (Å²) in [5.41, 5.74) is 8.76. The van der Waals surface area contributed by atoms with Gasteiger partial charge in [-0.25, -0.2) is 4.98 Å². The normalized spacial score (nSPS) is 12.8. The summed E-state index contributed by atoms with van der Waals surface area (Å²) in [5, 5.41) is 1.41. The molecule has 1 aliphatic rings. The molecule has 4 aromatic rings. The number of thioether (sulfide) groups is 1. The van der Waals surface area contributed by atoms with Crippen molar-refractivity contribution in [2.24, 2.45) is 5.73 Å². The molecule has 0 fully saturated rings. The lowest BCUT2D eigenvalue weighted by Gasteiger charge is -2.13. The van der Waals surface area contributed by atoms with Crippen LogP contribution in [-0.4, -0.2) is 22.1 Å². The smallest absolute Gasteiger partial charge is 0.267 e. The third kappa shape index (κ3) is 4.16. The molecule has 0 saturated heterocycles. The number of nitrogens with zero attached hydrogens (tertiary/aromatic N) is 2. The molecular formula is C25H23N3O3S2. The van der Waals surface area contributed by atoms with E-state index >= 15 is 0 Å². The molecule has 2 aromatic heterocycles. The number of nitrogens with two attached hydrogens (primary N) is 1. The van der Waals surface area contributed by atoms with Crippen molar-refractivity contribution in [1.82, 2.24) is 9.55 Å². The Morgan fingerprint density at radius 2 is 1.91 bits per heavy atom. The molecule has 0 atom stereocenters. The monoisotopic (exact) mass is 477 g/mol. The fourth-order valence-electron chi connectivity index (χ4n) is 4.12. The van der Waals surface area contributed by atoms with Gasteiger partial charge in [-0.3, -0.25) is 14.2 Å². The molecule has 5 rings (SSSR count). The van der Waals surface area contributed by atoms with Gasteiger partial charge >= 0.3 is 0 Å². The number of ether oxygens (including phenoxy) is 1. The van der Waals surface area contributed by atoms with Crippen molar-refractivity contribution in [2.75, 3.05) is 6.61 Å². The van der Waals surface area contributed by atoms with Gasteiger partial charge in [0.25, 0.3) is 5.56 Å². The average Bonchev–Trinajstić information content (AvgIpc) is 3.40. The molecule has 2 heterocycles. The molecule has 168 valence electrons. The number of hydrogen-bond acceptors (Lipinski definition) is 6. The van der Waals surface area contributed by atoms with Crippen molar-refractivity contribution in [1.29, 1.82) is 0 Å². The van der Waals surface area contributed by atoms with E-state index in [0.29, 0.717) is 23.1 Å². The van der Waals surface area contributed by atoms with Crippen LogP contribution in [0.1, 0.15) is 39.7 Å². The van der Waals surface area contributed by atoms with Crippen LogP contribution < -0.4 is 16.0 Å². The predicted octanol–water partition coefficient (Wildman–Crippen LogP) is 4.73. The fraction of sp³-hybridized carbons (Fsp3) is 0.240. The van der Waals surface area contributed by atoms with Crippen molar-refractivity contribution in [3.05, 3.63) is 80.5 Å². The van der Waals surface area contributed by atoms with Gasteiger partial charge in [-0.15, -0.1) is 11.3 Å². The zero-order chi connectivity index (χ0) is 22.9. The van der Waals surface area contributed by atoms with E-state index in [1.54, 1.807) is 28.0 Å². The molecule has 1 amide bonds. The first-order valence-electron chi connectivity index (χ1n) is 10.9. The Bertz CT molecular complexity index is 1390. The van der Waals surface area contributed by atoms with Gasteiger partial charge in [0, 0.05) is 16.2 Å². The molecule has 8 heteroatoms. The molecule has 0 bridgehead atoms. The first-order valence-corrected chi connectivity index (χ1v) is 12.7. The summed E-state index contributed by atoms with van der Waals surface area (Å²) in [6.45, 7) is 2.53. The first kappa shape index (κ1) is 21.7. The van der Waals surface area contributed by atoms with Crippen LogP contribution in [0.2, 0.25) is 0 Å². The van der Waals surface area contributed by atoms with Gasteiger partial charge < -0.3 is 10.5 Å². The third-order valence-electron chi connectivity index (χ3n) is 5.72. The average molecular weight is 478 g/mol. The van der Waals surface area contributed by atoms with Crippen LogP contribution in [-0.2, 0) is 18.6 Å². The van der Waals surface area contributed by atoms with Crippen LogP contribution >= 0.6 is 23.1 Å². The van der Waals surface area contributed by atoms with E-state index in [2.05, 4.69) is 0 Å². The molecule has 2 aromatic carbocycles. The highest BCUT2D eigenvalue weighted by atomic mass is 32.2. The van der Waals surface area contributed by atoms with Crippen LogP contribution in [0.5, 0.6) is 5.75 Å². The maximum absolute atomic E-state index is 13.7. The van der Waals surface area contributed by atoms with Crippen molar-refractivity contribution in [2.45, 2.75) is 37.1 Å². The van der Waals surface area contributed by atoms with E-state index in [9.17, 15) is 9.59 Å². The number of fused-ring (bicyclic) bond motifs is 3. The van der Waals surface area contributed by atoms with Crippen LogP contribution in [0.3, 0.4) is 0 Å². The Hall–Kier alpha value is -3.10. The van der Waals surface area contributed by atoms with E-state index in [4.69, 9.17) is 15.5 Å². The SMILES string of the molecule is CCOc1ccc(-n2c(SCc3ccc(C(N)=O)cc3)nc3sc4c(c3c2=O)CCC4)cc1. The quantitative estimate of drug-likeness (QED) is 0.307. The van der Waals surface area contributed by atoms with E-state index in [1.807, 2.05) is 43.3 Å². The largest absolute Gasteiger partial charge is 0.494 e. The molecule has 6 nitrogen and oxygen atoms in total. The Kier molecular flexibility index (Phi) is 5.95. The Labute approximate surface area is 199 Å². The Morgan fingerprint density at radius 1 is 1.15 bits per heavy atom. The molecule has 1 aliphatic carbocycles. The molecule has 33 heavy (non-hydrogen) atoms. The van der Waals surface area contributed by atoms with Crippen LogP contribution in [0.25, 0.3) is 15.9 Å². The zero-order valence-electron chi connectivity index (χ0n) is 18.2. The predicted molar refractivity (Wildman–Crippen MR) is 133 cm³/mol. The lowest BCUT2D eigenvalue weighted by molar-refractivity contribution is 0.100. The van der Waals surface area contributed by atoms with Crippen LogP contribution in [0, 0.1) is 0 Å². The lowest BCUT2D eigenvalue weighted by Crippen LogP contribution is -2.21. The van der Waals surface area contributed by atoms with E-state index in [-0.39, 0.29) is 5.56 Å². The molecule has 0 saturated carbocycles. The topological polar surface area (TPSA) is 87.2 Å². The van der Waals surface area contributed by atoms with Gasteiger partial charge in [-0.05, 0) is 73.7 Å². The van der Waals surface area contributed by atoms with E-state index < -0.39 is 5.91 Å². The Morgan fingerprint density at radius 3 is 2.61 bits per heavy atom. The number of thiophene rings is 1. The summed E-state index contributed by atoms with van der Waals surface area (Å²) in [7, 11) is 0. The summed E-state index contributed by atoms with van der Waals surface area (Å²) in [5.74, 6) is 0.930. The maximum Gasteiger partial charge on any atom is 0.267 e. The number of amides is 1. The highest BCUT2D eigenvalue weighted by Crippen LogP contribution is 2.36. The van der Waals surface area contributed by atoms with Crippen molar-refractivity contribution in [3.63, 3.8) is 0 Å². The van der Waals surface area contributed by atoms with Crippen molar-refractivity contribution >= 4 is 39.2 Å². The number of aromatic nitrogens is 2. The maximum atomic E-state index is 13.7. The minimum absolute atomic E-state index is 0.0184. The number of carbonyl (C=O) groups is 1. The number of rotatable bonds is 7. The summed E-state index contributed by atoms with van der Waals surface area (Å²) >= 11 is 3.15. The van der Waals surface area contributed by atoms with Crippen LogP contribution in [0.4, 0.5) is 0 Å². The van der Waals surface area contributed by atoms with Crippen LogP contribution in [0.15, 0.2) is 58.5 Å².